The lowest BCUT2D eigenvalue weighted by atomic mass is 9.96. The van der Waals surface area contributed by atoms with E-state index in [1.54, 1.807) is 16.9 Å². The molecule has 2 aromatic heterocycles. The van der Waals surface area contributed by atoms with Crippen molar-refractivity contribution in [3.05, 3.63) is 33.0 Å². The molecule has 0 aliphatic heterocycles. The van der Waals surface area contributed by atoms with Crippen molar-refractivity contribution in [1.29, 1.82) is 0 Å². The van der Waals surface area contributed by atoms with Crippen LogP contribution in [0.15, 0.2) is 18.5 Å². The van der Waals surface area contributed by atoms with Crippen molar-refractivity contribution in [3.8, 4) is 5.82 Å². The molecule has 4 nitrogen and oxygen atoms in total. The third-order valence-electron chi connectivity index (χ3n) is 2.14. The Morgan fingerprint density at radius 1 is 1.29 bits per heavy atom. The molecular formula is C11H12ClIN4. The van der Waals surface area contributed by atoms with E-state index in [1.165, 1.54) is 0 Å². The minimum absolute atomic E-state index is 0.139. The number of aromatic nitrogens is 4. The summed E-state index contributed by atoms with van der Waals surface area (Å²) in [5.74, 6) is 1.41. The standard InChI is InChI=1S/C11H12ClIN4/c1-11(2,3)10-15-8(12)4-9(16-10)17-6-7(13)5-14-17/h4-6H,1-3H3. The van der Waals surface area contributed by atoms with Gasteiger partial charge < -0.3 is 0 Å². The van der Waals surface area contributed by atoms with Crippen molar-refractivity contribution < 1.29 is 0 Å². The molecule has 0 radical (unpaired) electrons. The Hall–Kier alpha value is -0.690. The molecule has 6 heteroatoms. The van der Waals surface area contributed by atoms with Gasteiger partial charge in [-0.25, -0.2) is 14.6 Å². The van der Waals surface area contributed by atoms with E-state index in [-0.39, 0.29) is 5.41 Å². The van der Waals surface area contributed by atoms with Crippen LogP contribution in [0.3, 0.4) is 0 Å². The first-order chi connectivity index (χ1) is 7.86. The Kier molecular flexibility index (Phi) is 3.40. The second kappa shape index (κ2) is 4.53. The first-order valence-corrected chi connectivity index (χ1v) is 6.57. The van der Waals surface area contributed by atoms with Crippen LogP contribution in [0.1, 0.15) is 26.6 Å². The summed E-state index contributed by atoms with van der Waals surface area (Å²) in [5.41, 5.74) is -0.139. The van der Waals surface area contributed by atoms with Crippen molar-refractivity contribution >= 4 is 34.2 Å². The molecule has 0 amide bonds. The Balaban J connectivity index is 2.52. The highest BCUT2D eigenvalue weighted by atomic mass is 127. The van der Waals surface area contributed by atoms with Gasteiger partial charge in [0.15, 0.2) is 5.82 Å². The van der Waals surface area contributed by atoms with Crippen LogP contribution in [0.25, 0.3) is 5.82 Å². The third kappa shape index (κ3) is 2.95. The Morgan fingerprint density at radius 3 is 2.53 bits per heavy atom. The average Bonchev–Trinajstić information content (AvgIpc) is 2.62. The van der Waals surface area contributed by atoms with Crippen LogP contribution in [-0.4, -0.2) is 19.7 Å². The second-order valence-corrected chi connectivity index (χ2v) is 6.36. The molecule has 90 valence electrons. The van der Waals surface area contributed by atoms with E-state index in [4.69, 9.17) is 11.6 Å². The van der Waals surface area contributed by atoms with Crippen LogP contribution in [0.5, 0.6) is 0 Å². The van der Waals surface area contributed by atoms with E-state index in [0.717, 1.165) is 3.57 Å². The van der Waals surface area contributed by atoms with Gasteiger partial charge in [-0.3, -0.25) is 0 Å². The number of hydrogen-bond donors (Lipinski definition) is 0. The minimum Gasteiger partial charge on any atom is -0.221 e. The van der Waals surface area contributed by atoms with Gasteiger partial charge in [-0.15, -0.1) is 0 Å². The molecule has 2 rings (SSSR count). The van der Waals surface area contributed by atoms with Crippen molar-refractivity contribution in [3.63, 3.8) is 0 Å². The SMILES string of the molecule is CC(C)(C)c1nc(Cl)cc(-n2cc(I)cn2)n1. The molecule has 0 saturated heterocycles. The average molecular weight is 363 g/mol. The summed E-state index contributed by atoms with van der Waals surface area (Å²) >= 11 is 8.22. The number of halogens is 2. The van der Waals surface area contributed by atoms with E-state index in [0.29, 0.717) is 16.8 Å². The van der Waals surface area contributed by atoms with Gasteiger partial charge in [0, 0.05) is 17.7 Å². The van der Waals surface area contributed by atoms with E-state index in [2.05, 4.69) is 58.4 Å². The van der Waals surface area contributed by atoms with Crippen LogP contribution in [0.4, 0.5) is 0 Å². The van der Waals surface area contributed by atoms with E-state index < -0.39 is 0 Å². The summed E-state index contributed by atoms with van der Waals surface area (Å²) in [6.07, 6.45) is 3.67. The maximum Gasteiger partial charge on any atom is 0.158 e. The largest absolute Gasteiger partial charge is 0.221 e. The molecule has 0 N–H and O–H groups in total. The normalized spacial score (nSPS) is 11.8. The zero-order valence-corrected chi connectivity index (χ0v) is 12.7. The number of nitrogens with zero attached hydrogens (tertiary/aromatic N) is 4. The molecule has 2 heterocycles. The molecule has 0 unspecified atom stereocenters. The maximum absolute atomic E-state index is 6.02. The third-order valence-corrected chi connectivity index (χ3v) is 2.89. The van der Waals surface area contributed by atoms with Crippen LogP contribution < -0.4 is 0 Å². The lowest BCUT2D eigenvalue weighted by Crippen LogP contribution is -2.17. The van der Waals surface area contributed by atoms with Crippen LogP contribution in [0, 0.1) is 3.57 Å². The molecule has 2 aromatic rings. The lowest BCUT2D eigenvalue weighted by molar-refractivity contribution is 0.542. The summed E-state index contributed by atoms with van der Waals surface area (Å²) in [6.45, 7) is 6.15. The topological polar surface area (TPSA) is 43.6 Å². The van der Waals surface area contributed by atoms with Crippen molar-refractivity contribution in [2.24, 2.45) is 0 Å². The Morgan fingerprint density at radius 2 is 2.00 bits per heavy atom. The van der Waals surface area contributed by atoms with Crippen molar-refractivity contribution in [2.75, 3.05) is 0 Å². The van der Waals surface area contributed by atoms with E-state index in [9.17, 15) is 0 Å². The van der Waals surface area contributed by atoms with Crippen LogP contribution in [-0.2, 0) is 5.41 Å². The highest BCUT2D eigenvalue weighted by molar-refractivity contribution is 14.1. The lowest BCUT2D eigenvalue weighted by Gasteiger charge is -2.17. The molecule has 0 aliphatic carbocycles. The van der Waals surface area contributed by atoms with E-state index >= 15 is 0 Å². The van der Waals surface area contributed by atoms with Gasteiger partial charge >= 0.3 is 0 Å². The highest BCUT2D eigenvalue weighted by Gasteiger charge is 2.19. The molecule has 0 atom stereocenters. The van der Waals surface area contributed by atoms with Gasteiger partial charge in [0.1, 0.15) is 11.0 Å². The minimum atomic E-state index is -0.139. The van der Waals surface area contributed by atoms with Crippen molar-refractivity contribution in [2.45, 2.75) is 26.2 Å². The fourth-order valence-electron chi connectivity index (χ4n) is 1.28. The second-order valence-electron chi connectivity index (χ2n) is 4.73. The molecule has 0 spiro atoms. The summed E-state index contributed by atoms with van der Waals surface area (Å²) in [6, 6.07) is 1.71. The number of rotatable bonds is 1. The van der Waals surface area contributed by atoms with Gasteiger partial charge in [-0.1, -0.05) is 32.4 Å². The summed E-state index contributed by atoms with van der Waals surface area (Å²) in [5, 5.41) is 4.65. The van der Waals surface area contributed by atoms with Crippen LogP contribution >= 0.6 is 34.2 Å². The predicted octanol–water partition coefficient (Wildman–Crippen LogP) is 3.22. The monoisotopic (exact) mass is 362 g/mol. The molecular weight excluding hydrogens is 351 g/mol. The highest BCUT2D eigenvalue weighted by Crippen LogP contribution is 2.21. The zero-order chi connectivity index (χ0) is 12.6. The zero-order valence-electron chi connectivity index (χ0n) is 9.78. The molecule has 0 bridgehead atoms. The van der Waals surface area contributed by atoms with Crippen LogP contribution in [0.2, 0.25) is 5.15 Å². The first kappa shape index (κ1) is 12.8. The van der Waals surface area contributed by atoms with Gasteiger partial charge in [-0.2, -0.15) is 5.10 Å². The van der Waals surface area contributed by atoms with Gasteiger partial charge in [-0.05, 0) is 22.6 Å². The van der Waals surface area contributed by atoms with Gasteiger partial charge in [0.05, 0.1) is 9.77 Å². The molecule has 0 aliphatic rings. The summed E-state index contributed by atoms with van der Waals surface area (Å²) < 4.78 is 2.75. The molecule has 17 heavy (non-hydrogen) atoms. The fourth-order valence-corrected chi connectivity index (χ4v) is 1.85. The maximum atomic E-state index is 6.02. The molecule has 0 saturated carbocycles. The van der Waals surface area contributed by atoms with Crippen molar-refractivity contribution in [1.82, 2.24) is 19.7 Å². The first-order valence-electron chi connectivity index (χ1n) is 5.12. The van der Waals surface area contributed by atoms with Gasteiger partial charge in [0.2, 0.25) is 0 Å². The predicted molar refractivity (Wildman–Crippen MR) is 75.6 cm³/mol. The quantitative estimate of drug-likeness (QED) is 0.578. The molecule has 0 aromatic carbocycles. The van der Waals surface area contributed by atoms with Gasteiger partial charge in [0.25, 0.3) is 0 Å². The smallest absolute Gasteiger partial charge is 0.158 e. The molecule has 0 fully saturated rings. The fraction of sp³-hybridized carbons (Fsp3) is 0.364. The Bertz CT molecular complexity index is 545. The number of hydrogen-bond acceptors (Lipinski definition) is 3. The summed E-state index contributed by atoms with van der Waals surface area (Å²) in [7, 11) is 0. The summed E-state index contributed by atoms with van der Waals surface area (Å²) in [4.78, 5) is 8.74. The Labute approximate surface area is 119 Å². The van der Waals surface area contributed by atoms with E-state index in [1.807, 2.05) is 6.20 Å².